The predicted octanol–water partition coefficient (Wildman–Crippen LogP) is 1.57. The molecule has 2 aromatic rings. The second-order valence-electron chi connectivity index (χ2n) is 3.71. The Bertz CT molecular complexity index is 448. The summed E-state index contributed by atoms with van der Waals surface area (Å²) in [5.41, 5.74) is 7.62. The van der Waals surface area contributed by atoms with Crippen LogP contribution in [-0.2, 0) is 13.0 Å². The highest BCUT2D eigenvalue weighted by molar-refractivity contribution is 5.16. The number of aromatic nitrogens is 2. The predicted molar refractivity (Wildman–Crippen MR) is 60.5 cm³/mol. The van der Waals surface area contributed by atoms with Crippen molar-refractivity contribution in [2.45, 2.75) is 13.0 Å². The molecule has 2 rings (SSSR count). The van der Waals surface area contributed by atoms with Gasteiger partial charge in [-0.2, -0.15) is 5.10 Å². The van der Waals surface area contributed by atoms with Crippen molar-refractivity contribution in [1.82, 2.24) is 9.78 Å². The molecule has 1 aromatic heterocycles. The van der Waals surface area contributed by atoms with Crippen molar-refractivity contribution in [2.24, 2.45) is 5.73 Å². The van der Waals surface area contributed by atoms with E-state index in [9.17, 15) is 4.39 Å². The van der Waals surface area contributed by atoms with Gasteiger partial charge in [0.2, 0.25) is 0 Å². The number of hydrogen-bond donors (Lipinski definition) is 1. The van der Waals surface area contributed by atoms with Gasteiger partial charge in [-0.05, 0) is 36.2 Å². The normalized spacial score (nSPS) is 10.6. The van der Waals surface area contributed by atoms with Crippen molar-refractivity contribution in [1.29, 1.82) is 0 Å². The molecule has 3 nitrogen and oxygen atoms in total. The summed E-state index contributed by atoms with van der Waals surface area (Å²) >= 11 is 0. The van der Waals surface area contributed by atoms with Crippen LogP contribution in [0.1, 0.15) is 11.1 Å². The van der Waals surface area contributed by atoms with E-state index in [1.165, 1.54) is 12.1 Å². The molecule has 0 fully saturated rings. The van der Waals surface area contributed by atoms with Crippen molar-refractivity contribution >= 4 is 0 Å². The van der Waals surface area contributed by atoms with E-state index in [1.807, 2.05) is 17.1 Å². The zero-order valence-electron chi connectivity index (χ0n) is 8.94. The number of halogens is 1. The Hall–Kier alpha value is -1.68. The lowest BCUT2D eigenvalue weighted by Crippen LogP contribution is -2.02. The summed E-state index contributed by atoms with van der Waals surface area (Å²) in [6.07, 6.45) is 4.62. The Labute approximate surface area is 93.7 Å². The van der Waals surface area contributed by atoms with Gasteiger partial charge >= 0.3 is 0 Å². The van der Waals surface area contributed by atoms with Gasteiger partial charge in [0.05, 0.1) is 12.7 Å². The lowest BCUT2D eigenvalue weighted by atomic mass is 10.2. The second-order valence-corrected chi connectivity index (χ2v) is 3.71. The van der Waals surface area contributed by atoms with Crippen LogP contribution in [-0.4, -0.2) is 16.3 Å². The molecule has 0 radical (unpaired) electrons. The molecule has 0 aliphatic rings. The van der Waals surface area contributed by atoms with Crippen LogP contribution in [0.3, 0.4) is 0 Å². The van der Waals surface area contributed by atoms with Crippen LogP contribution in [0.4, 0.5) is 4.39 Å². The molecule has 1 aromatic carbocycles. The maximum atomic E-state index is 12.7. The largest absolute Gasteiger partial charge is 0.330 e. The quantitative estimate of drug-likeness (QED) is 0.848. The van der Waals surface area contributed by atoms with Gasteiger partial charge in [-0.25, -0.2) is 4.39 Å². The third kappa shape index (κ3) is 2.67. The number of hydrogen-bond acceptors (Lipinski definition) is 2. The molecular formula is C12H14FN3. The Kier molecular flexibility index (Phi) is 3.31. The smallest absolute Gasteiger partial charge is 0.123 e. The summed E-state index contributed by atoms with van der Waals surface area (Å²) in [7, 11) is 0. The Morgan fingerprint density at radius 2 is 1.94 bits per heavy atom. The van der Waals surface area contributed by atoms with Crippen molar-refractivity contribution < 1.29 is 4.39 Å². The van der Waals surface area contributed by atoms with E-state index in [0.717, 1.165) is 17.5 Å². The maximum Gasteiger partial charge on any atom is 0.123 e. The molecule has 0 unspecified atom stereocenters. The SMILES string of the molecule is NCCc1cnn(Cc2ccc(F)cc2)c1. The van der Waals surface area contributed by atoms with E-state index in [4.69, 9.17) is 5.73 Å². The highest BCUT2D eigenvalue weighted by Gasteiger charge is 1.99. The van der Waals surface area contributed by atoms with Gasteiger partial charge in [-0.15, -0.1) is 0 Å². The van der Waals surface area contributed by atoms with Crippen LogP contribution in [0.25, 0.3) is 0 Å². The fourth-order valence-electron chi connectivity index (χ4n) is 1.57. The summed E-state index contributed by atoms with van der Waals surface area (Å²) in [6.45, 7) is 1.28. The molecule has 1 heterocycles. The molecule has 2 N–H and O–H groups in total. The van der Waals surface area contributed by atoms with Crippen LogP contribution < -0.4 is 5.73 Å². The standard InChI is InChI=1S/C12H14FN3/c13-12-3-1-10(2-4-12)8-16-9-11(5-6-14)7-15-16/h1-4,7,9H,5-6,8,14H2. The second kappa shape index (κ2) is 4.90. The monoisotopic (exact) mass is 219 g/mol. The molecule has 0 saturated heterocycles. The molecule has 0 atom stereocenters. The van der Waals surface area contributed by atoms with E-state index < -0.39 is 0 Å². The molecule has 0 aliphatic heterocycles. The molecule has 4 heteroatoms. The molecule has 0 bridgehead atoms. The Morgan fingerprint density at radius 3 is 2.62 bits per heavy atom. The summed E-state index contributed by atoms with van der Waals surface area (Å²) in [5.74, 6) is -0.215. The van der Waals surface area contributed by atoms with Crippen LogP contribution in [0, 0.1) is 5.82 Å². The molecule has 84 valence electrons. The highest BCUT2D eigenvalue weighted by atomic mass is 19.1. The minimum absolute atomic E-state index is 0.215. The van der Waals surface area contributed by atoms with Crippen LogP contribution in [0.2, 0.25) is 0 Å². The first-order chi connectivity index (χ1) is 7.78. The summed E-state index contributed by atoms with van der Waals surface area (Å²) in [5, 5.41) is 4.22. The maximum absolute atomic E-state index is 12.7. The van der Waals surface area contributed by atoms with Gasteiger partial charge in [-0.1, -0.05) is 12.1 Å². The summed E-state index contributed by atoms with van der Waals surface area (Å²) in [4.78, 5) is 0. The Morgan fingerprint density at radius 1 is 1.19 bits per heavy atom. The van der Waals surface area contributed by atoms with Gasteiger partial charge in [0.25, 0.3) is 0 Å². The molecular weight excluding hydrogens is 205 g/mol. The highest BCUT2D eigenvalue weighted by Crippen LogP contribution is 2.06. The third-order valence-corrected chi connectivity index (χ3v) is 2.38. The minimum Gasteiger partial charge on any atom is -0.330 e. The fourth-order valence-corrected chi connectivity index (χ4v) is 1.57. The van der Waals surface area contributed by atoms with Crippen molar-refractivity contribution in [3.8, 4) is 0 Å². The zero-order valence-corrected chi connectivity index (χ0v) is 8.94. The van der Waals surface area contributed by atoms with E-state index in [-0.39, 0.29) is 5.82 Å². The van der Waals surface area contributed by atoms with Crippen LogP contribution in [0.5, 0.6) is 0 Å². The first-order valence-corrected chi connectivity index (χ1v) is 5.24. The topological polar surface area (TPSA) is 43.8 Å². The third-order valence-electron chi connectivity index (χ3n) is 2.38. The summed E-state index contributed by atoms with van der Waals surface area (Å²) in [6, 6.07) is 6.44. The van der Waals surface area contributed by atoms with Gasteiger partial charge in [0.1, 0.15) is 5.82 Å². The fraction of sp³-hybridized carbons (Fsp3) is 0.250. The van der Waals surface area contributed by atoms with Gasteiger partial charge in [0, 0.05) is 6.20 Å². The lowest BCUT2D eigenvalue weighted by molar-refractivity contribution is 0.624. The van der Waals surface area contributed by atoms with Gasteiger partial charge < -0.3 is 5.73 Å². The van der Waals surface area contributed by atoms with Gasteiger partial charge in [0.15, 0.2) is 0 Å². The van der Waals surface area contributed by atoms with E-state index >= 15 is 0 Å². The van der Waals surface area contributed by atoms with E-state index in [2.05, 4.69) is 5.10 Å². The van der Waals surface area contributed by atoms with Gasteiger partial charge in [-0.3, -0.25) is 4.68 Å². The lowest BCUT2D eigenvalue weighted by Gasteiger charge is -2.01. The average Bonchev–Trinajstić information content (AvgIpc) is 2.70. The minimum atomic E-state index is -0.215. The molecule has 0 aliphatic carbocycles. The van der Waals surface area contributed by atoms with Crippen molar-refractivity contribution in [3.05, 3.63) is 53.6 Å². The number of benzene rings is 1. The van der Waals surface area contributed by atoms with E-state index in [1.54, 1.807) is 12.1 Å². The Balaban J connectivity index is 2.05. The summed E-state index contributed by atoms with van der Waals surface area (Å²) < 4.78 is 14.5. The number of nitrogens with zero attached hydrogens (tertiary/aromatic N) is 2. The average molecular weight is 219 g/mol. The van der Waals surface area contributed by atoms with E-state index in [0.29, 0.717) is 13.1 Å². The number of nitrogens with two attached hydrogens (primary N) is 1. The molecule has 0 saturated carbocycles. The first kappa shape index (κ1) is 10.8. The van der Waals surface area contributed by atoms with Crippen molar-refractivity contribution in [2.75, 3.05) is 6.54 Å². The zero-order chi connectivity index (χ0) is 11.4. The van der Waals surface area contributed by atoms with Crippen molar-refractivity contribution in [3.63, 3.8) is 0 Å². The molecule has 0 spiro atoms. The first-order valence-electron chi connectivity index (χ1n) is 5.24. The molecule has 0 amide bonds. The molecule has 16 heavy (non-hydrogen) atoms. The van der Waals surface area contributed by atoms with Crippen LogP contribution >= 0.6 is 0 Å². The number of rotatable bonds is 4. The van der Waals surface area contributed by atoms with Crippen LogP contribution in [0.15, 0.2) is 36.7 Å².